The highest BCUT2D eigenvalue weighted by Gasteiger charge is 1.92. The molecule has 0 fully saturated rings. The molecular formula is C18H16O2P+. The van der Waals surface area contributed by atoms with Gasteiger partial charge in [-0.15, -0.1) is 0 Å². The fourth-order valence-corrected chi connectivity index (χ4v) is 2.03. The third-order valence-electron chi connectivity index (χ3n) is 2.78. The molecule has 0 aliphatic rings. The van der Waals surface area contributed by atoms with Gasteiger partial charge in [0, 0.05) is 0 Å². The van der Waals surface area contributed by atoms with E-state index in [1.807, 2.05) is 30.3 Å². The molecule has 0 heterocycles. The minimum atomic E-state index is -0.715. The lowest BCUT2D eigenvalue weighted by atomic mass is 10.1. The van der Waals surface area contributed by atoms with E-state index in [9.17, 15) is 4.57 Å². The molecule has 0 bridgehead atoms. The SMILES string of the molecule is O=[PH+]Oc1ccccc1.c1ccc(-c2ccccc2)cc1. The van der Waals surface area contributed by atoms with Gasteiger partial charge in [-0.2, -0.15) is 0 Å². The van der Waals surface area contributed by atoms with Crippen LogP contribution in [-0.2, 0) is 4.57 Å². The van der Waals surface area contributed by atoms with Gasteiger partial charge in [-0.25, -0.2) is 0 Å². The highest BCUT2D eigenvalue weighted by molar-refractivity contribution is 7.17. The van der Waals surface area contributed by atoms with Gasteiger partial charge in [0.15, 0.2) is 5.75 Å². The Morgan fingerprint density at radius 3 is 1.33 bits per heavy atom. The summed E-state index contributed by atoms with van der Waals surface area (Å²) in [5.74, 6) is 0.644. The lowest BCUT2D eigenvalue weighted by Crippen LogP contribution is -1.73. The molecule has 0 saturated carbocycles. The van der Waals surface area contributed by atoms with Gasteiger partial charge in [-0.05, 0) is 27.8 Å². The van der Waals surface area contributed by atoms with Crippen LogP contribution in [0.25, 0.3) is 11.1 Å². The minimum absolute atomic E-state index is 0.644. The first-order valence-electron chi connectivity index (χ1n) is 6.59. The summed E-state index contributed by atoms with van der Waals surface area (Å²) in [7, 11) is -0.715. The maximum absolute atomic E-state index is 9.90. The third-order valence-corrected chi connectivity index (χ3v) is 3.10. The second-order valence-electron chi connectivity index (χ2n) is 4.23. The van der Waals surface area contributed by atoms with Gasteiger partial charge in [0.2, 0.25) is 0 Å². The summed E-state index contributed by atoms with van der Waals surface area (Å²) in [5.41, 5.74) is 2.55. The van der Waals surface area contributed by atoms with Crippen molar-refractivity contribution < 1.29 is 9.09 Å². The Kier molecular flexibility index (Phi) is 6.18. The second kappa shape index (κ2) is 8.68. The van der Waals surface area contributed by atoms with E-state index in [1.165, 1.54) is 11.1 Å². The maximum atomic E-state index is 9.90. The van der Waals surface area contributed by atoms with Crippen LogP contribution >= 0.6 is 8.69 Å². The van der Waals surface area contributed by atoms with Crippen LogP contribution in [0.3, 0.4) is 0 Å². The molecule has 0 aliphatic carbocycles. The summed E-state index contributed by atoms with van der Waals surface area (Å²) in [4.78, 5) is 0. The molecular weight excluding hydrogens is 279 g/mol. The third kappa shape index (κ3) is 5.21. The summed E-state index contributed by atoms with van der Waals surface area (Å²) < 4.78 is 14.6. The van der Waals surface area contributed by atoms with Crippen LogP contribution in [0.2, 0.25) is 0 Å². The Labute approximate surface area is 126 Å². The molecule has 0 radical (unpaired) electrons. The predicted molar refractivity (Wildman–Crippen MR) is 87.9 cm³/mol. The largest absolute Gasteiger partial charge is 0.542 e. The fraction of sp³-hybridized carbons (Fsp3) is 0. The van der Waals surface area contributed by atoms with Crippen molar-refractivity contribution in [1.82, 2.24) is 0 Å². The molecule has 3 heteroatoms. The zero-order chi connectivity index (χ0) is 14.8. The van der Waals surface area contributed by atoms with E-state index >= 15 is 0 Å². The van der Waals surface area contributed by atoms with Gasteiger partial charge >= 0.3 is 8.69 Å². The van der Waals surface area contributed by atoms with Gasteiger partial charge in [0.25, 0.3) is 0 Å². The molecule has 2 nitrogen and oxygen atoms in total. The van der Waals surface area contributed by atoms with Crippen molar-refractivity contribution in [3.63, 3.8) is 0 Å². The molecule has 0 N–H and O–H groups in total. The Morgan fingerprint density at radius 1 is 0.571 bits per heavy atom. The van der Waals surface area contributed by atoms with Crippen LogP contribution in [0.5, 0.6) is 5.75 Å². The highest BCUT2D eigenvalue weighted by Crippen LogP contribution is 2.17. The fourth-order valence-electron chi connectivity index (χ4n) is 1.80. The molecule has 0 aliphatic heterocycles. The Morgan fingerprint density at radius 2 is 0.952 bits per heavy atom. The van der Waals surface area contributed by atoms with E-state index in [2.05, 4.69) is 53.1 Å². The molecule has 0 aromatic heterocycles. The van der Waals surface area contributed by atoms with Crippen molar-refractivity contribution >= 4 is 8.69 Å². The Balaban J connectivity index is 0.000000161. The number of hydrogen-bond acceptors (Lipinski definition) is 2. The number of para-hydroxylation sites is 1. The minimum Gasteiger partial charge on any atom is -0.256 e. The molecule has 0 spiro atoms. The van der Waals surface area contributed by atoms with Crippen LogP contribution < -0.4 is 4.52 Å². The maximum Gasteiger partial charge on any atom is 0.542 e. The standard InChI is InChI=1S/C12H10.C6H6O2P/c1-3-7-11(8-4-1)12-9-5-2-6-10-12;7-9-8-6-4-2-1-3-5-6/h1-10H;1-5,9H/q;+1. The molecule has 104 valence electrons. The first kappa shape index (κ1) is 15.0. The van der Waals surface area contributed by atoms with Gasteiger partial charge in [-0.1, -0.05) is 78.9 Å². The Bertz CT molecular complexity index is 602. The predicted octanol–water partition coefficient (Wildman–Crippen LogP) is 5.36. The summed E-state index contributed by atoms with van der Waals surface area (Å²) in [6, 6.07) is 29.8. The number of rotatable bonds is 3. The summed E-state index contributed by atoms with van der Waals surface area (Å²) >= 11 is 0. The summed E-state index contributed by atoms with van der Waals surface area (Å²) in [5, 5.41) is 0. The monoisotopic (exact) mass is 295 g/mol. The molecule has 3 aromatic rings. The quantitative estimate of drug-likeness (QED) is 0.608. The van der Waals surface area contributed by atoms with Crippen molar-refractivity contribution in [3.8, 4) is 16.9 Å². The first-order chi connectivity index (χ1) is 10.4. The van der Waals surface area contributed by atoms with Crippen molar-refractivity contribution in [1.29, 1.82) is 0 Å². The lowest BCUT2D eigenvalue weighted by molar-refractivity contribution is 0.525. The average Bonchev–Trinajstić information content (AvgIpc) is 2.58. The highest BCUT2D eigenvalue weighted by atomic mass is 31.1. The number of benzene rings is 3. The van der Waals surface area contributed by atoms with Gasteiger partial charge in [0.1, 0.15) is 0 Å². The molecule has 3 rings (SSSR count). The molecule has 21 heavy (non-hydrogen) atoms. The molecule has 3 aromatic carbocycles. The molecule has 1 atom stereocenters. The van der Waals surface area contributed by atoms with E-state index < -0.39 is 8.69 Å². The van der Waals surface area contributed by atoms with E-state index in [4.69, 9.17) is 0 Å². The van der Waals surface area contributed by atoms with Crippen LogP contribution in [0, 0.1) is 0 Å². The zero-order valence-corrected chi connectivity index (χ0v) is 12.5. The zero-order valence-electron chi connectivity index (χ0n) is 11.5. The van der Waals surface area contributed by atoms with Crippen molar-refractivity contribution in [2.45, 2.75) is 0 Å². The van der Waals surface area contributed by atoms with Crippen LogP contribution in [-0.4, -0.2) is 0 Å². The van der Waals surface area contributed by atoms with Crippen LogP contribution in [0.1, 0.15) is 0 Å². The molecule has 0 saturated heterocycles. The van der Waals surface area contributed by atoms with Crippen molar-refractivity contribution in [2.75, 3.05) is 0 Å². The number of hydrogen-bond donors (Lipinski definition) is 0. The second-order valence-corrected chi connectivity index (χ2v) is 4.60. The lowest BCUT2D eigenvalue weighted by Gasteiger charge is -1.98. The van der Waals surface area contributed by atoms with E-state index in [0.29, 0.717) is 5.75 Å². The van der Waals surface area contributed by atoms with E-state index in [0.717, 1.165) is 0 Å². The summed E-state index contributed by atoms with van der Waals surface area (Å²) in [6.07, 6.45) is 0. The van der Waals surface area contributed by atoms with Gasteiger partial charge in [-0.3, -0.25) is 4.52 Å². The molecule has 1 unspecified atom stereocenters. The van der Waals surface area contributed by atoms with Gasteiger partial charge in [0.05, 0.1) is 0 Å². The van der Waals surface area contributed by atoms with Crippen molar-refractivity contribution in [2.24, 2.45) is 0 Å². The Hall–Kier alpha value is -2.44. The van der Waals surface area contributed by atoms with Gasteiger partial charge < -0.3 is 0 Å². The van der Waals surface area contributed by atoms with Crippen LogP contribution in [0.15, 0.2) is 91.0 Å². The first-order valence-corrected chi connectivity index (χ1v) is 7.41. The smallest absolute Gasteiger partial charge is 0.256 e. The topological polar surface area (TPSA) is 26.3 Å². The van der Waals surface area contributed by atoms with Crippen molar-refractivity contribution in [3.05, 3.63) is 91.0 Å². The van der Waals surface area contributed by atoms with E-state index in [-0.39, 0.29) is 0 Å². The molecule has 0 amide bonds. The van der Waals surface area contributed by atoms with E-state index in [1.54, 1.807) is 12.1 Å². The summed E-state index contributed by atoms with van der Waals surface area (Å²) in [6.45, 7) is 0. The van der Waals surface area contributed by atoms with Crippen LogP contribution in [0.4, 0.5) is 0 Å². The normalized spacial score (nSPS) is 9.52. The average molecular weight is 295 g/mol.